The molecule has 118 valence electrons. The van der Waals surface area contributed by atoms with Gasteiger partial charge in [0.15, 0.2) is 0 Å². The lowest BCUT2D eigenvalue weighted by Crippen LogP contribution is -2.13. The molecule has 0 saturated heterocycles. The van der Waals surface area contributed by atoms with E-state index >= 15 is 0 Å². The van der Waals surface area contributed by atoms with Crippen LogP contribution in [0.1, 0.15) is 27.0 Å². The number of anilines is 1. The fourth-order valence-electron chi connectivity index (χ4n) is 2.97. The number of nitrogens with one attached hydrogen (secondary N) is 2. The number of hydrogen-bond donors (Lipinski definition) is 2. The van der Waals surface area contributed by atoms with E-state index < -0.39 is 0 Å². The van der Waals surface area contributed by atoms with E-state index in [1.165, 1.54) is 5.56 Å². The molecule has 23 heavy (non-hydrogen) atoms. The molecule has 0 spiro atoms. The topological polar surface area (TPSA) is 54.1 Å². The SMILES string of the molecule is COc1ccc2[nH]cc(C(=O)Nc3c(C)cc(C)cc3C)c2c1. The van der Waals surface area contributed by atoms with Gasteiger partial charge in [-0.1, -0.05) is 17.7 Å². The van der Waals surface area contributed by atoms with Gasteiger partial charge in [0.25, 0.3) is 5.91 Å². The molecule has 1 heterocycles. The number of aromatic nitrogens is 1. The van der Waals surface area contributed by atoms with Crippen molar-refractivity contribution in [1.29, 1.82) is 0 Å². The van der Waals surface area contributed by atoms with Gasteiger partial charge < -0.3 is 15.0 Å². The number of carbonyl (C=O) groups excluding carboxylic acids is 1. The average Bonchev–Trinajstić information content (AvgIpc) is 2.93. The van der Waals surface area contributed by atoms with Gasteiger partial charge in [-0.05, 0) is 50.1 Å². The fraction of sp³-hybridized carbons (Fsp3) is 0.211. The van der Waals surface area contributed by atoms with E-state index in [0.29, 0.717) is 5.56 Å². The number of carbonyl (C=O) groups is 1. The van der Waals surface area contributed by atoms with Crippen molar-refractivity contribution in [1.82, 2.24) is 4.98 Å². The van der Waals surface area contributed by atoms with Gasteiger partial charge in [-0.2, -0.15) is 0 Å². The van der Waals surface area contributed by atoms with Crippen LogP contribution in [0.25, 0.3) is 10.9 Å². The highest BCUT2D eigenvalue weighted by Crippen LogP contribution is 2.26. The molecule has 0 aliphatic rings. The zero-order valence-corrected chi connectivity index (χ0v) is 13.8. The monoisotopic (exact) mass is 308 g/mol. The third-order valence-corrected chi connectivity index (χ3v) is 4.05. The Hall–Kier alpha value is -2.75. The smallest absolute Gasteiger partial charge is 0.257 e. The highest BCUT2D eigenvalue weighted by molar-refractivity contribution is 6.13. The molecule has 3 rings (SSSR count). The fourth-order valence-corrected chi connectivity index (χ4v) is 2.97. The predicted octanol–water partition coefficient (Wildman–Crippen LogP) is 4.35. The second-order valence-corrected chi connectivity index (χ2v) is 5.84. The molecule has 0 fully saturated rings. The second-order valence-electron chi connectivity index (χ2n) is 5.84. The number of ether oxygens (including phenoxy) is 1. The van der Waals surface area contributed by atoms with Gasteiger partial charge >= 0.3 is 0 Å². The summed E-state index contributed by atoms with van der Waals surface area (Å²) in [5.41, 5.74) is 5.71. The van der Waals surface area contributed by atoms with Crippen molar-refractivity contribution in [2.24, 2.45) is 0 Å². The molecule has 1 amide bonds. The number of aromatic amines is 1. The molecule has 0 unspecified atom stereocenters. The molecule has 4 nitrogen and oxygen atoms in total. The van der Waals surface area contributed by atoms with Crippen LogP contribution < -0.4 is 10.1 Å². The molecule has 2 N–H and O–H groups in total. The van der Waals surface area contributed by atoms with Crippen molar-refractivity contribution in [3.8, 4) is 5.75 Å². The summed E-state index contributed by atoms with van der Waals surface area (Å²) in [6, 6.07) is 9.79. The Bertz CT molecular complexity index is 871. The van der Waals surface area contributed by atoms with Crippen LogP contribution in [-0.2, 0) is 0 Å². The first-order valence-corrected chi connectivity index (χ1v) is 7.54. The van der Waals surface area contributed by atoms with E-state index in [2.05, 4.69) is 29.4 Å². The second kappa shape index (κ2) is 5.80. The minimum absolute atomic E-state index is 0.125. The highest BCUT2D eigenvalue weighted by atomic mass is 16.5. The largest absolute Gasteiger partial charge is 0.497 e. The van der Waals surface area contributed by atoms with Crippen molar-refractivity contribution >= 4 is 22.5 Å². The number of aryl methyl sites for hydroxylation is 3. The molecule has 2 aromatic carbocycles. The van der Waals surface area contributed by atoms with Gasteiger partial charge in [0.2, 0.25) is 0 Å². The maximum Gasteiger partial charge on any atom is 0.257 e. The Morgan fingerprint density at radius 3 is 2.43 bits per heavy atom. The molecule has 0 radical (unpaired) electrons. The molecule has 0 bridgehead atoms. The maximum absolute atomic E-state index is 12.7. The quantitative estimate of drug-likeness (QED) is 0.755. The summed E-state index contributed by atoms with van der Waals surface area (Å²) in [5.74, 6) is 0.605. The zero-order valence-electron chi connectivity index (χ0n) is 13.8. The van der Waals surface area contributed by atoms with E-state index in [0.717, 1.165) is 33.5 Å². The van der Waals surface area contributed by atoms with Crippen LogP contribution in [-0.4, -0.2) is 18.0 Å². The minimum atomic E-state index is -0.125. The Morgan fingerprint density at radius 1 is 1.09 bits per heavy atom. The number of methoxy groups -OCH3 is 1. The lowest BCUT2D eigenvalue weighted by atomic mass is 10.0. The van der Waals surface area contributed by atoms with Crippen LogP contribution in [0.15, 0.2) is 36.5 Å². The van der Waals surface area contributed by atoms with Gasteiger partial charge in [0.05, 0.1) is 12.7 Å². The van der Waals surface area contributed by atoms with E-state index in [4.69, 9.17) is 4.74 Å². The standard InChI is InChI=1S/C19H20N2O2/c1-11-7-12(2)18(13(3)8-11)21-19(22)16-10-20-17-6-5-14(23-4)9-15(16)17/h5-10,20H,1-4H3,(H,21,22). The molecular weight excluding hydrogens is 288 g/mol. The molecule has 0 aliphatic heterocycles. The number of hydrogen-bond acceptors (Lipinski definition) is 2. The van der Waals surface area contributed by atoms with E-state index in [1.807, 2.05) is 32.0 Å². The van der Waals surface area contributed by atoms with E-state index in [-0.39, 0.29) is 5.91 Å². The van der Waals surface area contributed by atoms with Gasteiger partial charge in [-0.15, -0.1) is 0 Å². The molecule has 4 heteroatoms. The van der Waals surface area contributed by atoms with Crippen molar-refractivity contribution < 1.29 is 9.53 Å². The number of fused-ring (bicyclic) bond motifs is 1. The lowest BCUT2D eigenvalue weighted by Gasteiger charge is -2.12. The lowest BCUT2D eigenvalue weighted by molar-refractivity contribution is 0.102. The first-order chi connectivity index (χ1) is 11.0. The summed E-state index contributed by atoms with van der Waals surface area (Å²) in [6.07, 6.45) is 1.73. The molecule has 1 aromatic heterocycles. The number of amides is 1. The van der Waals surface area contributed by atoms with E-state index in [9.17, 15) is 4.79 Å². The zero-order chi connectivity index (χ0) is 16.6. The molecule has 0 atom stereocenters. The Balaban J connectivity index is 1.98. The Labute approximate surface area is 135 Å². The van der Waals surface area contributed by atoms with Gasteiger partial charge in [0, 0.05) is 22.8 Å². The third kappa shape index (κ3) is 2.80. The van der Waals surface area contributed by atoms with Crippen LogP contribution in [0.3, 0.4) is 0 Å². The van der Waals surface area contributed by atoms with E-state index in [1.54, 1.807) is 13.3 Å². The Morgan fingerprint density at radius 2 is 1.78 bits per heavy atom. The van der Waals surface area contributed by atoms with Crippen molar-refractivity contribution in [2.45, 2.75) is 20.8 Å². The predicted molar refractivity (Wildman–Crippen MR) is 93.5 cm³/mol. The van der Waals surface area contributed by atoms with Gasteiger partial charge in [-0.3, -0.25) is 4.79 Å². The summed E-state index contributed by atoms with van der Waals surface area (Å²) >= 11 is 0. The van der Waals surface area contributed by atoms with Crippen molar-refractivity contribution in [3.05, 3.63) is 58.8 Å². The molecule has 0 saturated carbocycles. The summed E-state index contributed by atoms with van der Waals surface area (Å²) in [7, 11) is 1.62. The number of rotatable bonds is 3. The first-order valence-electron chi connectivity index (χ1n) is 7.54. The summed E-state index contributed by atoms with van der Waals surface area (Å²) in [4.78, 5) is 15.8. The minimum Gasteiger partial charge on any atom is -0.497 e. The van der Waals surface area contributed by atoms with Crippen LogP contribution in [0.5, 0.6) is 5.75 Å². The summed E-state index contributed by atoms with van der Waals surface area (Å²) < 4.78 is 5.25. The van der Waals surface area contributed by atoms with Crippen LogP contribution in [0.2, 0.25) is 0 Å². The summed E-state index contributed by atoms with van der Waals surface area (Å²) in [6.45, 7) is 6.07. The van der Waals surface area contributed by atoms with Crippen LogP contribution >= 0.6 is 0 Å². The number of benzene rings is 2. The average molecular weight is 308 g/mol. The molecular formula is C19H20N2O2. The van der Waals surface area contributed by atoms with Crippen molar-refractivity contribution in [3.63, 3.8) is 0 Å². The normalized spacial score (nSPS) is 10.8. The maximum atomic E-state index is 12.7. The van der Waals surface area contributed by atoms with Gasteiger partial charge in [0.1, 0.15) is 5.75 Å². The van der Waals surface area contributed by atoms with Gasteiger partial charge in [-0.25, -0.2) is 0 Å². The molecule has 0 aliphatic carbocycles. The van der Waals surface area contributed by atoms with Crippen LogP contribution in [0, 0.1) is 20.8 Å². The summed E-state index contributed by atoms with van der Waals surface area (Å²) in [5, 5.41) is 3.89. The first kappa shape index (κ1) is 15.2. The van der Waals surface area contributed by atoms with Crippen LogP contribution in [0.4, 0.5) is 5.69 Å². The third-order valence-electron chi connectivity index (χ3n) is 4.05. The molecule has 3 aromatic rings. The highest BCUT2D eigenvalue weighted by Gasteiger charge is 2.15. The Kier molecular flexibility index (Phi) is 3.82. The number of H-pyrrole nitrogens is 1. The van der Waals surface area contributed by atoms with Crippen molar-refractivity contribution in [2.75, 3.05) is 12.4 Å².